The van der Waals surface area contributed by atoms with Crippen molar-refractivity contribution in [3.63, 3.8) is 0 Å². The largest absolute Gasteiger partial charge is 0.439 e. The van der Waals surface area contributed by atoms with E-state index >= 15 is 0 Å². The maximum atomic E-state index is 12.3. The molecule has 1 aliphatic heterocycles. The normalized spacial score (nSPS) is 20.5. The highest BCUT2D eigenvalue weighted by atomic mass is 32.2. The van der Waals surface area contributed by atoms with Crippen molar-refractivity contribution >= 4 is 23.5 Å². The first-order valence-electron chi connectivity index (χ1n) is 6.67. The van der Waals surface area contributed by atoms with Gasteiger partial charge >= 0.3 is 5.97 Å². The van der Waals surface area contributed by atoms with Gasteiger partial charge in [0, 0.05) is 10.5 Å². The van der Waals surface area contributed by atoms with E-state index in [1.807, 2.05) is 42.5 Å². The molecule has 0 saturated carbocycles. The van der Waals surface area contributed by atoms with Crippen molar-refractivity contribution in [1.29, 1.82) is 0 Å². The third kappa shape index (κ3) is 2.59. The van der Waals surface area contributed by atoms with Crippen molar-refractivity contribution in [1.82, 2.24) is 0 Å². The molecule has 0 saturated heterocycles. The third-order valence-electron chi connectivity index (χ3n) is 3.33. The first-order chi connectivity index (χ1) is 10.1. The summed E-state index contributed by atoms with van der Waals surface area (Å²) in [6.45, 7) is 1.51. The number of ketones is 1. The quantitative estimate of drug-likeness (QED) is 0.809. The molecule has 2 aromatic rings. The van der Waals surface area contributed by atoms with E-state index in [-0.39, 0.29) is 18.2 Å². The van der Waals surface area contributed by atoms with E-state index in [2.05, 4.69) is 0 Å². The zero-order valence-corrected chi connectivity index (χ0v) is 12.4. The summed E-state index contributed by atoms with van der Waals surface area (Å²) in [5.41, 5.74) is 1.38. The van der Waals surface area contributed by atoms with Crippen LogP contribution >= 0.6 is 11.8 Å². The second-order valence-corrected chi connectivity index (χ2v) is 6.29. The molecule has 0 amide bonds. The summed E-state index contributed by atoms with van der Waals surface area (Å²) < 4.78 is 5.70. The molecular formula is C17H14O3S. The Labute approximate surface area is 127 Å². The van der Waals surface area contributed by atoms with Gasteiger partial charge in [-0.2, -0.15) is 0 Å². The molecule has 2 aromatic carbocycles. The Kier molecular flexibility index (Phi) is 3.55. The molecule has 0 bridgehead atoms. The van der Waals surface area contributed by atoms with Gasteiger partial charge in [-0.15, -0.1) is 0 Å². The molecular weight excluding hydrogens is 284 g/mol. The van der Waals surface area contributed by atoms with Crippen molar-refractivity contribution in [2.24, 2.45) is 0 Å². The number of esters is 1. The van der Waals surface area contributed by atoms with Crippen molar-refractivity contribution in [2.45, 2.75) is 23.2 Å². The fourth-order valence-electron chi connectivity index (χ4n) is 2.44. The summed E-state index contributed by atoms with van der Waals surface area (Å²) in [5.74, 6) is -0.395. The summed E-state index contributed by atoms with van der Waals surface area (Å²) in [6, 6.07) is 16.8. The second-order valence-electron chi connectivity index (χ2n) is 4.99. The molecule has 0 fully saturated rings. The predicted molar refractivity (Wildman–Crippen MR) is 81.1 cm³/mol. The van der Waals surface area contributed by atoms with Gasteiger partial charge in [0.05, 0.1) is 12.0 Å². The van der Waals surface area contributed by atoms with Crippen LogP contribution in [0.4, 0.5) is 0 Å². The zero-order valence-electron chi connectivity index (χ0n) is 11.5. The number of hydrogen-bond acceptors (Lipinski definition) is 4. The number of fused-ring (bicyclic) bond motifs is 1. The number of carbonyl (C=O) groups is 2. The van der Waals surface area contributed by atoms with E-state index in [1.165, 1.54) is 18.7 Å². The van der Waals surface area contributed by atoms with Crippen LogP contribution in [0.5, 0.6) is 0 Å². The molecule has 0 N–H and O–H groups in total. The second kappa shape index (κ2) is 5.37. The Balaban J connectivity index is 2.11. The molecule has 1 atom stereocenters. The Bertz CT molecular complexity index is 696. The fraction of sp³-hybridized carbons (Fsp3) is 0.176. The average molecular weight is 298 g/mol. The molecule has 1 heterocycles. The van der Waals surface area contributed by atoms with Gasteiger partial charge in [-0.05, 0) is 19.1 Å². The first-order valence-corrected chi connectivity index (χ1v) is 7.49. The van der Waals surface area contributed by atoms with Crippen molar-refractivity contribution in [3.8, 4) is 0 Å². The van der Waals surface area contributed by atoms with Crippen LogP contribution in [0.15, 0.2) is 59.5 Å². The molecule has 0 aromatic heterocycles. The van der Waals surface area contributed by atoms with E-state index < -0.39 is 4.93 Å². The zero-order chi connectivity index (χ0) is 14.9. The number of benzene rings is 2. The molecule has 21 heavy (non-hydrogen) atoms. The van der Waals surface area contributed by atoms with Crippen molar-refractivity contribution in [3.05, 3.63) is 65.7 Å². The van der Waals surface area contributed by atoms with Gasteiger partial charge in [0.2, 0.25) is 0 Å². The Morgan fingerprint density at radius 2 is 1.76 bits per heavy atom. The monoisotopic (exact) mass is 298 g/mol. The SMILES string of the molecule is CC(=O)CC1(c2ccccc2)OC(=O)c2ccccc2S1. The summed E-state index contributed by atoms with van der Waals surface area (Å²) in [4.78, 5) is 23.9. The Hall–Kier alpha value is -2.07. The predicted octanol–water partition coefficient (Wildman–Crippen LogP) is 3.78. The lowest BCUT2D eigenvalue weighted by Gasteiger charge is -2.36. The van der Waals surface area contributed by atoms with Crippen LogP contribution in [0.2, 0.25) is 0 Å². The van der Waals surface area contributed by atoms with Gasteiger partial charge in [0.25, 0.3) is 0 Å². The van der Waals surface area contributed by atoms with Crippen LogP contribution < -0.4 is 0 Å². The van der Waals surface area contributed by atoms with Crippen molar-refractivity contribution < 1.29 is 14.3 Å². The minimum atomic E-state index is -0.974. The van der Waals surface area contributed by atoms with E-state index in [1.54, 1.807) is 12.1 Å². The lowest BCUT2D eigenvalue weighted by atomic mass is 10.0. The number of cyclic esters (lactones) is 1. The molecule has 0 radical (unpaired) electrons. The third-order valence-corrected chi connectivity index (χ3v) is 4.70. The molecule has 0 spiro atoms. The number of rotatable bonds is 3. The van der Waals surface area contributed by atoms with Gasteiger partial charge in [-0.1, -0.05) is 54.2 Å². The highest BCUT2D eigenvalue weighted by molar-refractivity contribution is 8.00. The number of hydrogen-bond donors (Lipinski definition) is 0. The van der Waals surface area contributed by atoms with E-state index in [4.69, 9.17) is 4.74 Å². The molecule has 1 aliphatic rings. The Morgan fingerprint density at radius 3 is 2.48 bits per heavy atom. The van der Waals surface area contributed by atoms with Crippen LogP contribution in [-0.2, 0) is 14.5 Å². The number of carbonyl (C=O) groups excluding carboxylic acids is 2. The van der Waals surface area contributed by atoms with Crippen molar-refractivity contribution in [2.75, 3.05) is 0 Å². The summed E-state index contributed by atoms with van der Waals surface area (Å²) in [7, 11) is 0. The molecule has 3 nitrogen and oxygen atoms in total. The van der Waals surface area contributed by atoms with Gasteiger partial charge < -0.3 is 4.74 Å². The summed E-state index contributed by atoms with van der Waals surface area (Å²) >= 11 is 1.43. The van der Waals surface area contributed by atoms with Crippen LogP contribution in [0.1, 0.15) is 29.3 Å². The van der Waals surface area contributed by atoms with Crippen LogP contribution in [-0.4, -0.2) is 11.8 Å². The molecule has 4 heteroatoms. The molecule has 106 valence electrons. The minimum absolute atomic E-state index is 0.0152. The highest BCUT2D eigenvalue weighted by Crippen LogP contribution is 2.50. The molecule has 1 unspecified atom stereocenters. The van der Waals surface area contributed by atoms with E-state index in [0.29, 0.717) is 5.56 Å². The minimum Gasteiger partial charge on any atom is -0.439 e. The average Bonchev–Trinajstić information content (AvgIpc) is 2.47. The molecule has 3 rings (SSSR count). The smallest absolute Gasteiger partial charge is 0.341 e. The van der Waals surface area contributed by atoms with Gasteiger partial charge in [-0.25, -0.2) is 4.79 Å². The van der Waals surface area contributed by atoms with Gasteiger partial charge in [0.1, 0.15) is 5.78 Å². The summed E-state index contributed by atoms with van der Waals surface area (Å²) in [5, 5.41) is 0. The first kappa shape index (κ1) is 13.9. The van der Waals surface area contributed by atoms with Crippen LogP contribution in [0.25, 0.3) is 0 Å². The highest BCUT2D eigenvalue weighted by Gasteiger charge is 2.43. The van der Waals surface area contributed by atoms with E-state index in [9.17, 15) is 9.59 Å². The lowest BCUT2D eigenvalue weighted by molar-refractivity contribution is -0.119. The molecule has 0 aliphatic carbocycles. The lowest BCUT2D eigenvalue weighted by Crippen LogP contribution is -2.34. The topological polar surface area (TPSA) is 43.4 Å². The Morgan fingerprint density at radius 1 is 1.10 bits per heavy atom. The standard InChI is InChI=1S/C17H14O3S/c1-12(18)11-17(13-7-3-2-4-8-13)20-16(19)14-9-5-6-10-15(14)21-17/h2-10H,11H2,1H3. The maximum Gasteiger partial charge on any atom is 0.341 e. The number of ether oxygens (including phenoxy) is 1. The summed E-state index contributed by atoms with van der Waals surface area (Å²) in [6.07, 6.45) is 0.155. The van der Waals surface area contributed by atoms with Gasteiger partial charge in [-0.3, -0.25) is 4.79 Å². The van der Waals surface area contributed by atoms with Crippen LogP contribution in [0.3, 0.4) is 0 Å². The van der Waals surface area contributed by atoms with E-state index in [0.717, 1.165) is 10.5 Å². The fourth-order valence-corrected chi connectivity index (χ4v) is 3.85. The number of Topliss-reactive ketones (excluding diaryl/α,β-unsaturated/α-hetero) is 1. The van der Waals surface area contributed by atoms with Crippen LogP contribution in [0, 0.1) is 0 Å². The maximum absolute atomic E-state index is 12.3. The van der Waals surface area contributed by atoms with Gasteiger partial charge in [0.15, 0.2) is 4.93 Å². The number of thioether (sulfide) groups is 1.